The highest BCUT2D eigenvalue weighted by molar-refractivity contribution is 6.14. The molecule has 1 N–H and O–H groups in total. The first kappa shape index (κ1) is 16.5. The Morgan fingerprint density at radius 1 is 0.714 bits per heavy atom. The number of benzene rings is 4. The molecule has 1 aromatic heterocycles. The summed E-state index contributed by atoms with van der Waals surface area (Å²) >= 11 is 0. The molecule has 0 spiro atoms. The molecule has 28 heavy (non-hydrogen) atoms. The van der Waals surface area contributed by atoms with Gasteiger partial charge < -0.3 is 9.83 Å². The number of furan rings is 1. The molecule has 2 nitrogen and oxygen atoms in total. The van der Waals surface area contributed by atoms with Gasteiger partial charge in [-0.1, -0.05) is 72.8 Å². The Kier molecular flexibility index (Phi) is 4.02. The summed E-state index contributed by atoms with van der Waals surface area (Å²) in [6.45, 7) is 0. The predicted molar refractivity (Wildman–Crippen MR) is 116 cm³/mol. The van der Waals surface area contributed by atoms with Crippen LogP contribution in [0.2, 0.25) is 0 Å². The zero-order chi connectivity index (χ0) is 18.9. The molecule has 134 valence electrons. The topological polar surface area (TPSA) is 37.0 Å². The van der Waals surface area contributed by atoms with Gasteiger partial charge in [-0.15, -0.1) is 0 Å². The minimum Gasteiger partial charge on any atom is -0.456 e. The number of hydrogen-bond acceptors (Lipinski definition) is 2. The van der Waals surface area contributed by atoms with Crippen molar-refractivity contribution in [2.75, 3.05) is 0 Å². The zero-order valence-corrected chi connectivity index (χ0v) is 15.4. The fraction of sp³-hybridized carbons (Fsp3) is 0.0385. The molecular weight excluding hydrogens is 342 g/mol. The maximum atomic E-state index is 8.59. The fourth-order valence-electron chi connectivity index (χ4n) is 3.77. The molecule has 0 radical (unpaired) electrons. The average molecular weight is 361 g/mol. The van der Waals surface area contributed by atoms with Crippen LogP contribution in [-0.2, 0) is 6.42 Å². The van der Waals surface area contributed by atoms with Crippen LogP contribution in [0.15, 0.2) is 101 Å². The normalized spacial score (nSPS) is 11.1. The van der Waals surface area contributed by atoms with Crippen molar-refractivity contribution in [3.05, 3.63) is 108 Å². The zero-order valence-electron chi connectivity index (χ0n) is 15.4. The van der Waals surface area contributed by atoms with Crippen molar-refractivity contribution in [1.29, 1.82) is 5.41 Å². The monoisotopic (exact) mass is 361 g/mol. The highest BCUT2D eigenvalue weighted by atomic mass is 16.3. The highest BCUT2D eigenvalue weighted by Crippen LogP contribution is 2.37. The third kappa shape index (κ3) is 2.89. The molecule has 0 saturated heterocycles. The molecule has 0 unspecified atom stereocenters. The first-order chi connectivity index (χ1) is 13.8. The largest absolute Gasteiger partial charge is 0.456 e. The molecule has 0 fully saturated rings. The summed E-state index contributed by atoms with van der Waals surface area (Å²) in [5.74, 6) is 0. The molecule has 0 bridgehead atoms. The SMILES string of the molecule is N=C(Cc1ccccc1)c1ccc2oc3cccc(-c4ccccc4)c3c2c1. The first-order valence-electron chi connectivity index (χ1n) is 9.42. The Morgan fingerprint density at radius 3 is 2.25 bits per heavy atom. The molecule has 0 aliphatic heterocycles. The highest BCUT2D eigenvalue weighted by Gasteiger charge is 2.14. The molecule has 0 aliphatic rings. The Labute approximate surface area is 163 Å². The number of hydrogen-bond donors (Lipinski definition) is 1. The van der Waals surface area contributed by atoms with Crippen molar-refractivity contribution >= 4 is 27.7 Å². The van der Waals surface area contributed by atoms with Crippen LogP contribution in [0.25, 0.3) is 33.1 Å². The molecule has 0 aliphatic carbocycles. The number of rotatable bonds is 4. The minimum atomic E-state index is 0.611. The second-order valence-electron chi connectivity index (χ2n) is 7.00. The third-order valence-electron chi connectivity index (χ3n) is 5.15. The van der Waals surface area contributed by atoms with Gasteiger partial charge in [0.1, 0.15) is 11.2 Å². The minimum absolute atomic E-state index is 0.611. The maximum Gasteiger partial charge on any atom is 0.136 e. The van der Waals surface area contributed by atoms with E-state index >= 15 is 0 Å². The summed E-state index contributed by atoms with van der Waals surface area (Å²) in [5.41, 5.74) is 6.75. The average Bonchev–Trinajstić information content (AvgIpc) is 3.13. The molecule has 4 aromatic carbocycles. The summed E-state index contributed by atoms with van der Waals surface area (Å²) in [6, 6.07) is 32.8. The quantitative estimate of drug-likeness (QED) is 0.349. The summed E-state index contributed by atoms with van der Waals surface area (Å²) < 4.78 is 6.10. The van der Waals surface area contributed by atoms with Gasteiger partial charge in [0.25, 0.3) is 0 Å². The van der Waals surface area contributed by atoms with E-state index in [9.17, 15) is 0 Å². The van der Waals surface area contributed by atoms with E-state index in [-0.39, 0.29) is 0 Å². The van der Waals surface area contributed by atoms with Crippen LogP contribution in [0.3, 0.4) is 0 Å². The van der Waals surface area contributed by atoms with E-state index in [2.05, 4.69) is 48.5 Å². The Balaban J connectivity index is 1.64. The van der Waals surface area contributed by atoms with Gasteiger partial charge in [-0.3, -0.25) is 0 Å². The standard InChI is InChI=1S/C26H19NO/c27-23(16-18-8-3-1-4-9-18)20-14-15-24-22(17-20)26-21(12-7-13-25(26)28-24)19-10-5-2-6-11-19/h1-15,17,27H,16H2. The van der Waals surface area contributed by atoms with Gasteiger partial charge >= 0.3 is 0 Å². The Morgan fingerprint density at radius 2 is 1.46 bits per heavy atom. The van der Waals surface area contributed by atoms with E-state index in [4.69, 9.17) is 9.83 Å². The van der Waals surface area contributed by atoms with Gasteiger partial charge in [0, 0.05) is 22.9 Å². The van der Waals surface area contributed by atoms with E-state index in [0.717, 1.165) is 38.6 Å². The fourth-order valence-corrected chi connectivity index (χ4v) is 3.77. The van der Waals surface area contributed by atoms with Crippen LogP contribution >= 0.6 is 0 Å². The summed E-state index contributed by atoms with van der Waals surface area (Å²) in [4.78, 5) is 0. The molecule has 0 atom stereocenters. The van der Waals surface area contributed by atoms with Gasteiger partial charge in [-0.25, -0.2) is 0 Å². The van der Waals surface area contributed by atoms with Crippen LogP contribution in [0.4, 0.5) is 0 Å². The molecular formula is C26H19NO. The van der Waals surface area contributed by atoms with Crippen molar-refractivity contribution in [3.63, 3.8) is 0 Å². The van der Waals surface area contributed by atoms with Crippen molar-refractivity contribution in [3.8, 4) is 11.1 Å². The number of fused-ring (bicyclic) bond motifs is 3. The van der Waals surface area contributed by atoms with Gasteiger partial charge in [0.2, 0.25) is 0 Å². The van der Waals surface area contributed by atoms with Crippen LogP contribution in [-0.4, -0.2) is 5.71 Å². The van der Waals surface area contributed by atoms with E-state index < -0.39 is 0 Å². The smallest absolute Gasteiger partial charge is 0.136 e. The number of nitrogens with one attached hydrogen (secondary N) is 1. The molecule has 5 aromatic rings. The molecule has 0 amide bonds. The Bertz CT molecular complexity index is 1280. The van der Waals surface area contributed by atoms with Crippen molar-refractivity contribution in [1.82, 2.24) is 0 Å². The van der Waals surface area contributed by atoms with E-state index in [1.54, 1.807) is 0 Å². The van der Waals surface area contributed by atoms with E-state index in [0.29, 0.717) is 12.1 Å². The van der Waals surface area contributed by atoms with Crippen molar-refractivity contribution in [2.45, 2.75) is 6.42 Å². The lowest BCUT2D eigenvalue weighted by Gasteiger charge is -2.06. The summed E-state index contributed by atoms with van der Waals surface area (Å²) in [5, 5.41) is 10.8. The summed E-state index contributed by atoms with van der Waals surface area (Å²) in [7, 11) is 0. The van der Waals surface area contributed by atoms with E-state index in [1.807, 2.05) is 48.5 Å². The van der Waals surface area contributed by atoms with Crippen molar-refractivity contribution in [2.24, 2.45) is 0 Å². The molecule has 0 saturated carbocycles. The van der Waals surface area contributed by atoms with Gasteiger partial charge in [0.15, 0.2) is 0 Å². The van der Waals surface area contributed by atoms with Crippen LogP contribution in [0, 0.1) is 5.41 Å². The second kappa shape index (κ2) is 6.82. The molecule has 2 heteroatoms. The molecule has 1 heterocycles. The maximum absolute atomic E-state index is 8.59. The van der Waals surface area contributed by atoms with Gasteiger partial charge in [0.05, 0.1) is 0 Å². The second-order valence-corrected chi connectivity index (χ2v) is 7.00. The summed E-state index contributed by atoms with van der Waals surface area (Å²) in [6.07, 6.45) is 0.619. The lowest BCUT2D eigenvalue weighted by molar-refractivity contribution is 0.669. The van der Waals surface area contributed by atoms with Crippen LogP contribution in [0.1, 0.15) is 11.1 Å². The molecule has 5 rings (SSSR count). The van der Waals surface area contributed by atoms with Crippen LogP contribution in [0.5, 0.6) is 0 Å². The Hall–Kier alpha value is -3.65. The third-order valence-corrected chi connectivity index (χ3v) is 5.15. The van der Waals surface area contributed by atoms with Crippen molar-refractivity contribution < 1.29 is 4.42 Å². The lowest BCUT2D eigenvalue weighted by Crippen LogP contribution is -2.03. The lowest BCUT2D eigenvalue weighted by atomic mass is 9.97. The predicted octanol–water partition coefficient (Wildman–Crippen LogP) is 6.86. The van der Waals surface area contributed by atoms with E-state index in [1.165, 1.54) is 5.56 Å². The van der Waals surface area contributed by atoms with Gasteiger partial charge in [-0.2, -0.15) is 0 Å². The van der Waals surface area contributed by atoms with Crippen LogP contribution < -0.4 is 0 Å². The van der Waals surface area contributed by atoms with Gasteiger partial charge in [-0.05, 0) is 46.5 Å². The first-order valence-corrected chi connectivity index (χ1v) is 9.42.